The summed E-state index contributed by atoms with van der Waals surface area (Å²) < 4.78 is 24.3. The van der Waals surface area contributed by atoms with Crippen molar-refractivity contribution >= 4 is 0 Å². The van der Waals surface area contributed by atoms with E-state index in [2.05, 4.69) is 0 Å². The van der Waals surface area contributed by atoms with Gasteiger partial charge in [0.1, 0.15) is 17.3 Å². The zero-order chi connectivity index (χ0) is 15.1. The summed E-state index contributed by atoms with van der Waals surface area (Å²) in [5.41, 5.74) is 7.54. The molecule has 0 aliphatic rings. The van der Waals surface area contributed by atoms with Gasteiger partial charge in [-0.2, -0.15) is 0 Å². The Bertz CT molecular complexity index is 570. The van der Waals surface area contributed by atoms with Gasteiger partial charge in [0.05, 0.1) is 13.2 Å². The van der Waals surface area contributed by atoms with Crippen molar-refractivity contribution in [2.24, 2.45) is 5.73 Å². The Morgan fingerprint density at radius 3 is 2.43 bits per heavy atom. The van der Waals surface area contributed by atoms with E-state index in [0.717, 1.165) is 23.3 Å². The number of halogens is 1. The third-order valence-corrected chi connectivity index (χ3v) is 3.12. The van der Waals surface area contributed by atoms with Crippen molar-refractivity contribution in [1.82, 2.24) is 0 Å². The highest BCUT2D eigenvalue weighted by Crippen LogP contribution is 2.19. The van der Waals surface area contributed by atoms with E-state index in [-0.39, 0.29) is 5.82 Å². The first-order valence-corrected chi connectivity index (χ1v) is 7.00. The minimum Gasteiger partial charge on any atom is -0.493 e. The predicted molar refractivity (Wildman–Crippen MR) is 81.1 cm³/mol. The smallest absolute Gasteiger partial charge is 0.126 e. The van der Waals surface area contributed by atoms with Crippen molar-refractivity contribution in [3.05, 3.63) is 59.4 Å². The summed E-state index contributed by atoms with van der Waals surface area (Å²) in [7, 11) is 0. The van der Waals surface area contributed by atoms with Crippen LogP contribution < -0.4 is 15.2 Å². The molecule has 0 amide bonds. The summed E-state index contributed by atoms with van der Waals surface area (Å²) in [6, 6.07) is 12.2. The van der Waals surface area contributed by atoms with Crippen LogP contribution in [0.3, 0.4) is 0 Å². The highest BCUT2D eigenvalue weighted by molar-refractivity contribution is 5.32. The molecule has 0 spiro atoms. The maximum atomic E-state index is 13.1. The molecule has 0 aliphatic heterocycles. The zero-order valence-electron chi connectivity index (χ0n) is 12.1. The molecule has 4 heteroatoms. The molecule has 0 unspecified atom stereocenters. The highest BCUT2D eigenvalue weighted by atomic mass is 19.1. The Balaban J connectivity index is 1.71. The molecule has 0 saturated carbocycles. The highest BCUT2D eigenvalue weighted by Gasteiger charge is 2.01. The summed E-state index contributed by atoms with van der Waals surface area (Å²) in [6.45, 7) is 3.47. The zero-order valence-corrected chi connectivity index (χ0v) is 12.1. The summed E-state index contributed by atoms with van der Waals surface area (Å²) in [5.74, 6) is 1.11. The van der Waals surface area contributed by atoms with Gasteiger partial charge in [-0.15, -0.1) is 0 Å². The van der Waals surface area contributed by atoms with Crippen LogP contribution in [0.2, 0.25) is 0 Å². The second-order valence-electron chi connectivity index (χ2n) is 4.81. The van der Waals surface area contributed by atoms with Crippen LogP contribution in [0.15, 0.2) is 42.5 Å². The maximum Gasteiger partial charge on any atom is 0.126 e. The maximum absolute atomic E-state index is 13.1. The molecule has 2 rings (SSSR count). The summed E-state index contributed by atoms with van der Waals surface area (Å²) in [5, 5.41) is 0. The van der Waals surface area contributed by atoms with Gasteiger partial charge in [-0.3, -0.25) is 0 Å². The molecule has 3 nitrogen and oxygen atoms in total. The van der Waals surface area contributed by atoms with Crippen LogP contribution in [0.4, 0.5) is 4.39 Å². The molecule has 21 heavy (non-hydrogen) atoms. The Kier molecular flexibility index (Phi) is 5.58. The first-order valence-electron chi connectivity index (χ1n) is 7.00. The summed E-state index contributed by atoms with van der Waals surface area (Å²) in [4.78, 5) is 0. The van der Waals surface area contributed by atoms with Gasteiger partial charge >= 0.3 is 0 Å². The molecule has 0 saturated heterocycles. The average Bonchev–Trinajstić information content (AvgIpc) is 2.51. The van der Waals surface area contributed by atoms with Crippen LogP contribution in [-0.4, -0.2) is 13.2 Å². The van der Waals surface area contributed by atoms with E-state index < -0.39 is 0 Å². The lowest BCUT2D eigenvalue weighted by atomic mass is 10.2. The van der Waals surface area contributed by atoms with E-state index in [0.29, 0.717) is 25.5 Å². The number of ether oxygens (including phenoxy) is 2. The fraction of sp³-hybridized carbons (Fsp3) is 0.294. The van der Waals surface area contributed by atoms with E-state index in [1.165, 1.54) is 12.1 Å². The molecule has 2 aromatic rings. The van der Waals surface area contributed by atoms with Crippen LogP contribution in [0.5, 0.6) is 11.5 Å². The Morgan fingerprint density at radius 1 is 1.00 bits per heavy atom. The second-order valence-corrected chi connectivity index (χ2v) is 4.81. The van der Waals surface area contributed by atoms with Crippen molar-refractivity contribution in [2.45, 2.75) is 19.9 Å². The fourth-order valence-electron chi connectivity index (χ4n) is 1.88. The van der Waals surface area contributed by atoms with Crippen LogP contribution in [0, 0.1) is 12.7 Å². The quantitative estimate of drug-likeness (QED) is 0.794. The lowest BCUT2D eigenvalue weighted by Gasteiger charge is -2.10. The minimum atomic E-state index is -0.285. The fourth-order valence-corrected chi connectivity index (χ4v) is 1.88. The van der Waals surface area contributed by atoms with Crippen LogP contribution in [0.1, 0.15) is 17.5 Å². The standard InChI is InChI=1S/C17H20FNO2/c1-13-3-6-15(18)11-17(13)21-10-2-9-20-16-7-4-14(12-19)5-8-16/h3-8,11H,2,9-10,12,19H2,1H3. The third-order valence-electron chi connectivity index (χ3n) is 3.12. The van der Waals surface area contributed by atoms with Gasteiger partial charge in [-0.25, -0.2) is 4.39 Å². The molecule has 2 N–H and O–H groups in total. The van der Waals surface area contributed by atoms with E-state index in [4.69, 9.17) is 15.2 Å². The van der Waals surface area contributed by atoms with Crippen molar-refractivity contribution in [2.75, 3.05) is 13.2 Å². The van der Waals surface area contributed by atoms with E-state index in [1.54, 1.807) is 6.07 Å². The summed E-state index contributed by atoms with van der Waals surface area (Å²) in [6.07, 6.45) is 0.731. The molecule has 0 heterocycles. The van der Waals surface area contributed by atoms with Crippen molar-refractivity contribution in [3.8, 4) is 11.5 Å². The second kappa shape index (κ2) is 7.64. The number of hydrogen-bond donors (Lipinski definition) is 1. The van der Waals surface area contributed by atoms with E-state index >= 15 is 0 Å². The molecule has 0 fully saturated rings. The summed E-state index contributed by atoms with van der Waals surface area (Å²) >= 11 is 0. The van der Waals surface area contributed by atoms with Gasteiger partial charge in [0.2, 0.25) is 0 Å². The van der Waals surface area contributed by atoms with Gasteiger partial charge in [0.15, 0.2) is 0 Å². The number of nitrogens with two attached hydrogens (primary N) is 1. The van der Waals surface area contributed by atoms with Gasteiger partial charge < -0.3 is 15.2 Å². The van der Waals surface area contributed by atoms with Crippen LogP contribution in [0.25, 0.3) is 0 Å². The Labute approximate surface area is 124 Å². The molecule has 2 aromatic carbocycles. The van der Waals surface area contributed by atoms with Gasteiger partial charge in [-0.05, 0) is 36.2 Å². The molecule has 0 bridgehead atoms. The lowest BCUT2D eigenvalue weighted by molar-refractivity contribution is 0.246. The van der Waals surface area contributed by atoms with Crippen LogP contribution in [-0.2, 0) is 6.54 Å². The first-order chi connectivity index (χ1) is 10.2. The lowest BCUT2D eigenvalue weighted by Crippen LogP contribution is -2.06. The normalized spacial score (nSPS) is 10.4. The van der Waals surface area contributed by atoms with E-state index in [9.17, 15) is 4.39 Å². The first kappa shape index (κ1) is 15.3. The third kappa shape index (κ3) is 4.76. The van der Waals surface area contributed by atoms with Gasteiger partial charge in [0, 0.05) is 19.0 Å². The Hall–Kier alpha value is -2.07. The molecule has 0 aromatic heterocycles. The monoisotopic (exact) mass is 289 g/mol. The molecular formula is C17H20FNO2. The SMILES string of the molecule is Cc1ccc(F)cc1OCCCOc1ccc(CN)cc1. The minimum absolute atomic E-state index is 0.285. The van der Waals surface area contributed by atoms with Crippen molar-refractivity contribution < 1.29 is 13.9 Å². The number of aryl methyl sites for hydroxylation is 1. The van der Waals surface area contributed by atoms with Crippen molar-refractivity contribution in [3.63, 3.8) is 0 Å². The van der Waals surface area contributed by atoms with Crippen molar-refractivity contribution in [1.29, 1.82) is 0 Å². The predicted octanol–water partition coefficient (Wildman–Crippen LogP) is 3.44. The van der Waals surface area contributed by atoms with E-state index in [1.807, 2.05) is 31.2 Å². The Morgan fingerprint density at radius 2 is 1.71 bits per heavy atom. The largest absolute Gasteiger partial charge is 0.493 e. The van der Waals surface area contributed by atoms with Gasteiger partial charge in [-0.1, -0.05) is 18.2 Å². The topological polar surface area (TPSA) is 44.5 Å². The molecule has 112 valence electrons. The molecule has 0 atom stereocenters. The van der Waals surface area contributed by atoms with Crippen LogP contribution >= 0.6 is 0 Å². The molecule has 0 radical (unpaired) electrons. The van der Waals surface area contributed by atoms with Gasteiger partial charge in [0.25, 0.3) is 0 Å². The number of benzene rings is 2. The number of rotatable bonds is 7. The number of hydrogen-bond acceptors (Lipinski definition) is 3. The molecular weight excluding hydrogens is 269 g/mol. The average molecular weight is 289 g/mol. The molecule has 0 aliphatic carbocycles.